The average molecular weight is 225 g/mol. The normalized spacial score (nSPS) is 11.6. The molecule has 0 bridgehead atoms. The molecule has 3 nitrogen and oxygen atoms in total. The van der Waals surface area contributed by atoms with Crippen LogP contribution in [0.3, 0.4) is 0 Å². The van der Waals surface area contributed by atoms with Gasteiger partial charge in [0, 0.05) is 0 Å². The number of carbonyl (C=O) groups excluding carboxylic acids is 2. The highest BCUT2D eigenvalue weighted by Crippen LogP contribution is 2.22. The zero-order valence-electron chi connectivity index (χ0n) is 8.07. The first kappa shape index (κ1) is 11.5. The minimum Gasteiger partial charge on any atom is -0.465 e. The van der Waals surface area contributed by atoms with Crippen LogP contribution in [0.15, 0.2) is 35.9 Å². The summed E-state index contributed by atoms with van der Waals surface area (Å²) in [5.41, 5.74) is 0.428. The number of hydrogen-bond donors (Lipinski definition) is 0. The average Bonchev–Trinajstić information content (AvgIpc) is 2.30. The molecule has 4 heteroatoms. The van der Waals surface area contributed by atoms with Crippen LogP contribution < -0.4 is 0 Å². The second-order valence-electron chi connectivity index (χ2n) is 2.70. The molecular weight excluding hydrogens is 216 g/mol. The lowest BCUT2D eigenvalue weighted by Gasteiger charge is -2.02. The molecule has 78 valence electrons. The SMILES string of the molecule is COC(=O)/C(C=O)=C(\Cl)c1ccccc1. The van der Waals surface area contributed by atoms with Gasteiger partial charge < -0.3 is 4.74 Å². The van der Waals surface area contributed by atoms with Gasteiger partial charge in [-0.05, 0) is 5.56 Å². The third-order valence-electron chi connectivity index (χ3n) is 1.79. The molecule has 0 heterocycles. The Morgan fingerprint density at radius 2 is 1.93 bits per heavy atom. The maximum atomic E-state index is 11.2. The molecule has 1 aromatic rings. The summed E-state index contributed by atoms with van der Waals surface area (Å²) >= 11 is 5.89. The van der Waals surface area contributed by atoms with Gasteiger partial charge in [-0.25, -0.2) is 4.79 Å². The molecule has 0 unspecified atom stereocenters. The number of methoxy groups -OCH3 is 1. The first-order chi connectivity index (χ1) is 7.20. The summed E-state index contributed by atoms with van der Waals surface area (Å²) in [4.78, 5) is 21.8. The van der Waals surface area contributed by atoms with Crippen molar-refractivity contribution >= 4 is 28.9 Å². The Morgan fingerprint density at radius 1 is 1.33 bits per heavy atom. The molecule has 0 aromatic heterocycles. The fourth-order valence-corrected chi connectivity index (χ4v) is 1.29. The summed E-state index contributed by atoms with van der Waals surface area (Å²) in [7, 11) is 1.20. The number of benzene rings is 1. The molecule has 0 aliphatic heterocycles. The molecule has 0 saturated heterocycles. The summed E-state index contributed by atoms with van der Waals surface area (Å²) in [5, 5.41) is 0.0949. The highest BCUT2D eigenvalue weighted by molar-refractivity contribution is 6.52. The van der Waals surface area contributed by atoms with Crippen molar-refractivity contribution in [2.24, 2.45) is 0 Å². The van der Waals surface area contributed by atoms with Gasteiger partial charge in [0.25, 0.3) is 0 Å². The van der Waals surface area contributed by atoms with Crippen LogP contribution in [0.2, 0.25) is 0 Å². The Kier molecular flexibility index (Phi) is 4.06. The summed E-state index contributed by atoms with van der Waals surface area (Å²) in [6, 6.07) is 8.74. The number of halogens is 1. The minimum absolute atomic E-state index is 0.0949. The molecule has 0 N–H and O–H groups in total. The Balaban J connectivity index is 3.18. The number of carbonyl (C=O) groups is 2. The Hall–Kier alpha value is -1.61. The maximum absolute atomic E-state index is 11.2. The lowest BCUT2D eigenvalue weighted by molar-refractivity contribution is -0.136. The fourth-order valence-electron chi connectivity index (χ4n) is 1.04. The van der Waals surface area contributed by atoms with E-state index in [-0.39, 0.29) is 10.6 Å². The maximum Gasteiger partial charge on any atom is 0.342 e. The monoisotopic (exact) mass is 224 g/mol. The van der Waals surface area contributed by atoms with Crippen LogP contribution in [-0.4, -0.2) is 19.4 Å². The van der Waals surface area contributed by atoms with Crippen molar-refractivity contribution in [3.05, 3.63) is 41.5 Å². The quantitative estimate of drug-likeness (QED) is 0.259. The van der Waals surface area contributed by atoms with Crippen LogP contribution >= 0.6 is 11.6 Å². The standard InChI is InChI=1S/C11H9ClO3/c1-15-11(14)9(7-13)10(12)8-5-3-2-4-6-8/h2-7H,1H3/b10-9-. The molecule has 1 rings (SSSR count). The van der Waals surface area contributed by atoms with E-state index in [1.165, 1.54) is 7.11 Å². The fraction of sp³-hybridized carbons (Fsp3) is 0.0909. The molecule has 1 aromatic carbocycles. The molecule has 0 aliphatic rings. The van der Waals surface area contributed by atoms with Crippen molar-refractivity contribution in [1.82, 2.24) is 0 Å². The highest BCUT2D eigenvalue weighted by Gasteiger charge is 2.14. The summed E-state index contributed by atoms with van der Waals surface area (Å²) < 4.78 is 4.43. The zero-order chi connectivity index (χ0) is 11.3. The molecule has 15 heavy (non-hydrogen) atoms. The largest absolute Gasteiger partial charge is 0.465 e. The molecule has 0 radical (unpaired) electrons. The predicted octanol–water partition coefficient (Wildman–Crippen LogP) is 2.01. The van der Waals surface area contributed by atoms with E-state index in [0.29, 0.717) is 11.8 Å². The van der Waals surface area contributed by atoms with Crippen LogP contribution in [0.5, 0.6) is 0 Å². The van der Waals surface area contributed by atoms with Crippen molar-refractivity contribution in [3.8, 4) is 0 Å². The van der Waals surface area contributed by atoms with Crippen molar-refractivity contribution in [2.75, 3.05) is 7.11 Å². The van der Waals surface area contributed by atoms with Gasteiger partial charge in [-0.2, -0.15) is 0 Å². The minimum atomic E-state index is -0.737. The van der Waals surface area contributed by atoms with Gasteiger partial charge >= 0.3 is 5.97 Å². The van der Waals surface area contributed by atoms with Gasteiger partial charge in [0.2, 0.25) is 0 Å². The van der Waals surface area contributed by atoms with E-state index >= 15 is 0 Å². The smallest absolute Gasteiger partial charge is 0.342 e. The lowest BCUT2D eigenvalue weighted by atomic mass is 10.1. The highest BCUT2D eigenvalue weighted by atomic mass is 35.5. The molecule has 0 fully saturated rings. The van der Waals surface area contributed by atoms with E-state index in [9.17, 15) is 9.59 Å². The van der Waals surface area contributed by atoms with Crippen molar-refractivity contribution in [1.29, 1.82) is 0 Å². The lowest BCUT2D eigenvalue weighted by Crippen LogP contribution is -2.07. The van der Waals surface area contributed by atoms with Crippen LogP contribution in [-0.2, 0) is 14.3 Å². The third kappa shape index (κ3) is 2.67. The summed E-state index contributed by atoms with van der Waals surface area (Å²) in [6.07, 6.45) is 0.390. The van der Waals surface area contributed by atoms with Gasteiger partial charge in [0.1, 0.15) is 5.57 Å². The van der Waals surface area contributed by atoms with Gasteiger partial charge in [0.05, 0.1) is 12.1 Å². The number of hydrogen-bond acceptors (Lipinski definition) is 3. The molecule has 0 amide bonds. The number of rotatable bonds is 3. The number of esters is 1. The molecule has 0 spiro atoms. The topological polar surface area (TPSA) is 43.4 Å². The summed E-state index contributed by atoms with van der Waals surface area (Å²) in [5.74, 6) is -0.737. The molecule has 0 aliphatic carbocycles. The van der Waals surface area contributed by atoms with Crippen molar-refractivity contribution in [3.63, 3.8) is 0 Å². The number of ether oxygens (including phenoxy) is 1. The van der Waals surface area contributed by atoms with E-state index in [2.05, 4.69) is 4.74 Å². The van der Waals surface area contributed by atoms with E-state index in [0.717, 1.165) is 0 Å². The molecule has 0 saturated carbocycles. The second kappa shape index (κ2) is 5.32. The first-order valence-electron chi connectivity index (χ1n) is 4.19. The predicted molar refractivity (Wildman–Crippen MR) is 57.3 cm³/mol. The van der Waals surface area contributed by atoms with Crippen LogP contribution in [0, 0.1) is 0 Å². The van der Waals surface area contributed by atoms with Crippen LogP contribution in [0.25, 0.3) is 5.03 Å². The van der Waals surface area contributed by atoms with E-state index in [1.807, 2.05) is 6.07 Å². The first-order valence-corrected chi connectivity index (χ1v) is 4.57. The van der Waals surface area contributed by atoms with Gasteiger partial charge in [-0.3, -0.25) is 4.79 Å². The molecule has 0 atom stereocenters. The third-order valence-corrected chi connectivity index (χ3v) is 2.21. The van der Waals surface area contributed by atoms with E-state index < -0.39 is 5.97 Å². The van der Waals surface area contributed by atoms with E-state index in [4.69, 9.17) is 11.6 Å². The second-order valence-corrected chi connectivity index (χ2v) is 3.08. The Morgan fingerprint density at radius 3 is 2.40 bits per heavy atom. The summed E-state index contributed by atoms with van der Waals surface area (Å²) in [6.45, 7) is 0. The van der Waals surface area contributed by atoms with Crippen molar-refractivity contribution < 1.29 is 14.3 Å². The van der Waals surface area contributed by atoms with E-state index in [1.54, 1.807) is 24.3 Å². The Labute approximate surface area is 92.3 Å². The zero-order valence-corrected chi connectivity index (χ0v) is 8.82. The van der Waals surface area contributed by atoms with Gasteiger partial charge in [-0.15, -0.1) is 0 Å². The molecular formula is C11H9ClO3. The Bertz CT molecular complexity index is 396. The van der Waals surface area contributed by atoms with Crippen molar-refractivity contribution in [2.45, 2.75) is 0 Å². The van der Waals surface area contributed by atoms with Crippen LogP contribution in [0.4, 0.5) is 0 Å². The van der Waals surface area contributed by atoms with Gasteiger partial charge in [0.15, 0.2) is 6.29 Å². The number of aldehydes is 1. The van der Waals surface area contributed by atoms with Gasteiger partial charge in [-0.1, -0.05) is 41.9 Å². The van der Waals surface area contributed by atoms with Crippen LogP contribution in [0.1, 0.15) is 5.56 Å².